The fourth-order valence-electron chi connectivity index (χ4n) is 7.62. The first-order valence-corrected chi connectivity index (χ1v) is 17.3. The second kappa shape index (κ2) is 11.9. The van der Waals surface area contributed by atoms with E-state index in [1.54, 1.807) is 24.3 Å². The number of fused-ring (bicyclic) bond motifs is 6. The van der Waals surface area contributed by atoms with E-state index in [2.05, 4.69) is 137 Å². The normalized spacial score (nSPS) is 11.4. The molecule has 0 saturated carbocycles. The van der Waals surface area contributed by atoms with Gasteiger partial charge in [-0.25, -0.2) is 9.67 Å². The molecule has 7 heteroatoms. The summed E-state index contributed by atoms with van der Waals surface area (Å²) in [5.74, 6) is 1.20. The van der Waals surface area contributed by atoms with E-state index in [1.807, 2.05) is 28.9 Å². The van der Waals surface area contributed by atoms with Gasteiger partial charge < -0.3 is 9.13 Å². The average molecular weight is 678 g/mol. The number of para-hydroxylation sites is 3. The Bertz CT molecular complexity index is 3000. The standard InChI is InChI=1S/C46H27N7/c47-28-30-19-23-32(24-20-30)46-49-45(50-53(46)33-25-21-31(29-48)22-26-33)39-14-8-18-43-44(39)38-13-3-6-17-42(38)52(43)35-10-7-9-34(27-35)51-40-15-4-1-11-36(40)37-12-2-5-16-41(37)51/h1-27H. The van der Waals surface area contributed by atoms with E-state index >= 15 is 0 Å². The van der Waals surface area contributed by atoms with Gasteiger partial charge in [0.15, 0.2) is 11.6 Å². The van der Waals surface area contributed by atoms with Crippen LogP contribution < -0.4 is 0 Å². The molecule has 7 aromatic carbocycles. The molecule has 0 aliphatic heterocycles. The molecule has 3 aromatic heterocycles. The third-order valence-electron chi connectivity index (χ3n) is 9.99. The predicted octanol–water partition coefficient (Wildman–Crippen LogP) is 10.5. The molecular weight excluding hydrogens is 651 g/mol. The first-order valence-electron chi connectivity index (χ1n) is 17.3. The largest absolute Gasteiger partial charge is 0.309 e. The summed E-state index contributed by atoms with van der Waals surface area (Å²) in [6.45, 7) is 0. The van der Waals surface area contributed by atoms with E-state index in [4.69, 9.17) is 10.1 Å². The van der Waals surface area contributed by atoms with Crippen LogP contribution >= 0.6 is 0 Å². The monoisotopic (exact) mass is 677 g/mol. The summed E-state index contributed by atoms with van der Waals surface area (Å²) in [6, 6.07) is 59.7. The van der Waals surface area contributed by atoms with Gasteiger partial charge in [0.25, 0.3) is 0 Å². The van der Waals surface area contributed by atoms with Gasteiger partial charge >= 0.3 is 0 Å². The number of nitriles is 2. The van der Waals surface area contributed by atoms with Crippen molar-refractivity contribution in [3.8, 4) is 52.0 Å². The molecule has 0 N–H and O–H groups in total. The molecule has 246 valence electrons. The molecule has 0 unspecified atom stereocenters. The van der Waals surface area contributed by atoms with Crippen molar-refractivity contribution >= 4 is 43.6 Å². The van der Waals surface area contributed by atoms with Crippen LogP contribution in [0.2, 0.25) is 0 Å². The van der Waals surface area contributed by atoms with Crippen LogP contribution in [0.25, 0.3) is 83.4 Å². The van der Waals surface area contributed by atoms with Crippen molar-refractivity contribution < 1.29 is 0 Å². The number of rotatable bonds is 5. The molecule has 0 spiro atoms. The van der Waals surface area contributed by atoms with E-state index in [1.165, 1.54) is 10.8 Å². The van der Waals surface area contributed by atoms with E-state index in [9.17, 15) is 10.5 Å². The van der Waals surface area contributed by atoms with E-state index in [0.29, 0.717) is 22.8 Å². The first kappa shape index (κ1) is 30.1. The van der Waals surface area contributed by atoms with Crippen molar-refractivity contribution in [1.29, 1.82) is 10.5 Å². The van der Waals surface area contributed by atoms with Crippen LogP contribution in [-0.2, 0) is 0 Å². The van der Waals surface area contributed by atoms with Gasteiger partial charge in [0.2, 0.25) is 0 Å². The lowest BCUT2D eigenvalue weighted by molar-refractivity contribution is 0.890. The maximum Gasteiger partial charge on any atom is 0.182 e. The van der Waals surface area contributed by atoms with Gasteiger partial charge in [-0.15, -0.1) is 5.10 Å². The SMILES string of the molecule is N#Cc1ccc(-c2nc(-c3cccc4c3c3ccccc3n4-c3cccc(-n4c5ccccc5c5ccccc54)c3)nn2-c2ccc(C#N)cc2)cc1. The van der Waals surface area contributed by atoms with Crippen LogP contribution in [-0.4, -0.2) is 23.9 Å². The molecule has 53 heavy (non-hydrogen) atoms. The Morgan fingerprint density at radius 2 is 0.962 bits per heavy atom. The van der Waals surface area contributed by atoms with Crippen LogP contribution in [0.1, 0.15) is 11.1 Å². The van der Waals surface area contributed by atoms with Gasteiger partial charge in [-0.05, 0) is 91.0 Å². The van der Waals surface area contributed by atoms with Crippen LogP contribution in [0.15, 0.2) is 164 Å². The maximum absolute atomic E-state index is 9.44. The van der Waals surface area contributed by atoms with Crippen molar-refractivity contribution in [1.82, 2.24) is 23.9 Å². The summed E-state index contributed by atoms with van der Waals surface area (Å²) in [6.07, 6.45) is 0. The van der Waals surface area contributed by atoms with Gasteiger partial charge in [0.1, 0.15) is 0 Å². The molecule has 10 aromatic rings. The maximum atomic E-state index is 9.44. The van der Waals surface area contributed by atoms with Gasteiger partial charge in [-0.3, -0.25) is 0 Å². The van der Waals surface area contributed by atoms with E-state index < -0.39 is 0 Å². The first-order chi connectivity index (χ1) is 26.2. The molecule has 0 saturated heterocycles. The third-order valence-corrected chi connectivity index (χ3v) is 9.99. The molecular formula is C46H27N7. The second-order valence-electron chi connectivity index (χ2n) is 13.0. The highest BCUT2D eigenvalue weighted by Gasteiger charge is 2.21. The molecule has 3 heterocycles. The molecule has 0 radical (unpaired) electrons. The lowest BCUT2D eigenvalue weighted by Crippen LogP contribution is -2.00. The number of hydrogen-bond donors (Lipinski definition) is 0. The van der Waals surface area contributed by atoms with Crippen molar-refractivity contribution in [2.45, 2.75) is 0 Å². The number of hydrogen-bond acceptors (Lipinski definition) is 4. The molecule has 0 atom stereocenters. The molecule has 0 aliphatic carbocycles. The van der Waals surface area contributed by atoms with Crippen molar-refractivity contribution in [3.05, 3.63) is 175 Å². The summed E-state index contributed by atoms with van der Waals surface area (Å²) >= 11 is 0. The highest BCUT2D eigenvalue weighted by molar-refractivity contribution is 6.15. The summed E-state index contributed by atoms with van der Waals surface area (Å²) in [4.78, 5) is 5.16. The Hall–Kier alpha value is -7.74. The van der Waals surface area contributed by atoms with Crippen molar-refractivity contribution in [2.24, 2.45) is 0 Å². The average Bonchev–Trinajstić information content (AvgIpc) is 3.92. The van der Waals surface area contributed by atoms with Crippen LogP contribution in [0.5, 0.6) is 0 Å². The molecule has 0 aliphatic rings. The van der Waals surface area contributed by atoms with Gasteiger partial charge in [0.05, 0.1) is 51.0 Å². The highest BCUT2D eigenvalue weighted by atomic mass is 15.4. The summed E-state index contributed by atoms with van der Waals surface area (Å²) < 4.78 is 6.48. The van der Waals surface area contributed by atoms with Gasteiger partial charge in [0, 0.05) is 44.0 Å². The van der Waals surface area contributed by atoms with Gasteiger partial charge in [-0.2, -0.15) is 10.5 Å². The minimum Gasteiger partial charge on any atom is -0.309 e. The Kier molecular flexibility index (Phi) is 6.79. The Balaban J connectivity index is 1.19. The van der Waals surface area contributed by atoms with Crippen LogP contribution in [0.3, 0.4) is 0 Å². The zero-order valence-electron chi connectivity index (χ0n) is 28.2. The zero-order chi connectivity index (χ0) is 35.5. The minimum absolute atomic E-state index is 0.564. The quantitative estimate of drug-likeness (QED) is 0.181. The zero-order valence-corrected chi connectivity index (χ0v) is 28.2. The van der Waals surface area contributed by atoms with Crippen molar-refractivity contribution in [2.75, 3.05) is 0 Å². The Morgan fingerprint density at radius 1 is 0.453 bits per heavy atom. The topological polar surface area (TPSA) is 88.2 Å². The Labute approximate surface area is 304 Å². The van der Waals surface area contributed by atoms with Crippen LogP contribution in [0.4, 0.5) is 0 Å². The number of aromatic nitrogens is 5. The molecule has 0 bridgehead atoms. The van der Waals surface area contributed by atoms with Crippen molar-refractivity contribution in [3.63, 3.8) is 0 Å². The second-order valence-corrected chi connectivity index (χ2v) is 13.0. The fraction of sp³-hybridized carbons (Fsp3) is 0. The highest BCUT2D eigenvalue weighted by Crippen LogP contribution is 2.39. The molecule has 10 rings (SSSR count). The van der Waals surface area contributed by atoms with E-state index in [0.717, 1.165) is 61.0 Å². The lowest BCUT2D eigenvalue weighted by Gasteiger charge is -2.13. The summed E-state index contributed by atoms with van der Waals surface area (Å²) in [5, 5.41) is 28.6. The van der Waals surface area contributed by atoms with Crippen LogP contribution in [0, 0.1) is 22.7 Å². The lowest BCUT2D eigenvalue weighted by atomic mass is 10.1. The summed E-state index contributed by atoms with van der Waals surface area (Å²) in [5.41, 5.74) is 10.2. The molecule has 0 amide bonds. The number of nitrogens with zero attached hydrogens (tertiary/aromatic N) is 7. The molecule has 0 fully saturated rings. The summed E-state index contributed by atoms with van der Waals surface area (Å²) in [7, 11) is 0. The molecule has 7 nitrogen and oxygen atoms in total. The smallest absolute Gasteiger partial charge is 0.182 e. The number of benzene rings is 7. The fourth-order valence-corrected chi connectivity index (χ4v) is 7.62. The van der Waals surface area contributed by atoms with E-state index in [-0.39, 0.29) is 0 Å². The third kappa shape index (κ3) is 4.73. The predicted molar refractivity (Wildman–Crippen MR) is 210 cm³/mol. The minimum atomic E-state index is 0.564. The van der Waals surface area contributed by atoms with Gasteiger partial charge in [-0.1, -0.05) is 72.8 Å². The Morgan fingerprint density at radius 3 is 1.58 bits per heavy atom.